The van der Waals surface area contributed by atoms with E-state index in [0.717, 1.165) is 43.5 Å². The summed E-state index contributed by atoms with van der Waals surface area (Å²) in [5.41, 5.74) is 1.04. The molecule has 0 radical (unpaired) electrons. The zero-order valence-electron chi connectivity index (χ0n) is 12.7. The smallest absolute Gasteiger partial charge is 0.0964 e. The van der Waals surface area contributed by atoms with Crippen LogP contribution in [0.3, 0.4) is 0 Å². The van der Waals surface area contributed by atoms with Gasteiger partial charge in [0.1, 0.15) is 0 Å². The molecule has 114 valence electrons. The molecule has 20 heavy (non-hydrogen) atoms. The predicted octanol–water partition coefficient (Wildman–Crippen LogP) is 1.61. The van der Waals surface area contributed by atoms with Gasteiger partial charge >= 0.3 is 0 Å². The molecule has 2 rings (SSSR count). The van der Waals surface area contributed by atoms with E-state index in [4.69, 9.17) is 0 Å². The molecule has 1 aliphatic rings. The van der Waals surface area contributed by atoms with Gasteiger partial charge in [0.25, 0.3) is 0 Å². The first-order chi connectivity index (χ1) is 9.81. The summed E-state index contributed by atoms with van der Waals surface area (Å²) in [4.78, 5) is 2.56. The lowest BCUT2D eigenvalue weighted by Gasteiger charge is -2.31. The Labute approximate surface area is 126 Å². The van der Waals surface area contributed by atoms with Gasteiger partial charge < -0.3 is 5.32 Å². The van der Waals surface area contributed by atoms with Gasteiger partial charge in [0.05, 0.1) is 12.2 Å². The van der Waals surface area contributed by atoms with Crippen LogP contribution in [-0.2, 0) is 13.1 Å². The molecular formula is C14H27N5S. The monoisotopic (exact) mass is 297 g/mol. The zero-order chi connectivity index (χ0) is 14.2. The van der Waals surface area contributed by atoms with E-state index in [2.05, 4.69) is 52.3 Å². The van der Waals surface area contributed by atoms with Gasteiger partial charge in [-0.25, -0.2) is 0 Å². The fraction of sp³-hybridized carbons (Fsp3) is 0.857. The average Bonchev–Trinajstić information content (AvgIpc) is 2.94. The molecule has 1 aromatic rings. The van der Waals surface area contributed by atoms with Crippen molar-refractivity contribution in [3.63, 3.8) is 0 Å². The van der Waals surface area contributed by atoms with Gasteiger partial charge in [-0.1, -0.05) is 19.1 Å². The first-order valence-electron chi connectivity index (χ1n) is 7.75. The molecule has 1 aliphatic heterocycles. The van der Waals surface area contributed by atoms with Crippen molar-refractivity contribution in [2.24, 2.45) is 0 Å². The van der Waals surface area contributed by atoms with E-state index < -0.39 is 0 Å². The maximum atomic E-state index is 4.21. The van der Waals surface area contributed by atoms with Crippen LogP contribution in [0.5, 0.6) is 0 Å². The fourth-order valence-corrected chi connectivity index (χ4v) is 3.65. The standard InChI is InChI=1S/C14H27N5S/c1-3-5-15-10-13-11-19(17-16-13)7-6-18-8-9-20-14(4-2)12-18/h11,14-15H,3-10,12H2,1-2H3. The Hall–Kier alpha value is -0.590. The van der Waals surface area contributed by atoms with Gasteiger partial charge in [-0.3, -0.25) is 9.58 Å². The SMILES string of the molecule is CCCNCc1cn(CCN2CCSC(CC)C2)nn1. The lowest BCUT2D eigenvalue weighted by molar-refractivity contribution is 0.264. The Kier molecular flexibility index (Phi) is 6.82. The Morgan fingerprint density at radius 2 is 2.30 bits per heavy atom. The minimum atomic E-state index is 0.813. The highest BCUT2D eigenvalue weighted by Crippen LogP contribution is 2.20. The van der Waals surface area contributed by atoms with E-state index in [1.54, 1.807) is 0 Å². The summed E-state index contributed by atoms with van der Waals surface area (Å²) < 4.78 is 1.98. The number of rotatable bonds is 8. The van der Waals surface area contributed by atoms with Crippen molar-refractivity contribution in [2.45, 2.75) is 45.0 Å². The number of nitrogens with one attached hydrogen (secondary N) is 1. The largest absolute Gasteiger partial charge is 0.311 e. The highest BCUT2D eigenvalue weighted by Gasteiger charge is 2.18. The summed E-state index contributed by atoms with van der Waals surface area (Å²) in [6.07, 6.45) is 4.50. The van der Waals surface area contributed by atoms with Crippen molar-refractivity contribution in [1.29, 1.82) is 0 Å². The minimum Gasteiger partial charge on any atom is -0.311 e. The second-order valence-corrected chi connectivity index (χ2v) is 6.76. The maximum Gasteiger partial charge on any atom is 0.0964 e. The Morgan fingerprint density at radius 3 is 3.10 bits per heavy atom. The molecule has 0 saturated carbocycles. The van der Waals surface area contributed by atoms with Crippen LogP contribution >= 0.6 is 11.8 Å². The third kappa shape index (κ3) is 5.07. The number of hydrogen-bond acceptors (Lipinski definition) is 5. The molecule has 1 unspecified atom stereocenters. The van der Waals surface area contributed by atoms with Gasteiger partial charge in [-0.15, -0.1) is 5.10 Å². The molecule has 1 atom stereocenters. The van der Waals surface area contributed by atoms with Crippen LogP contribution in [0.2, 0.25) is 0 Å². The van der Waals surface area contributed by atoms with Crippen LogP contribution in [0.15, 0.2) is 6.20 Å². The van der Waals surface area contributed by atoms with Gasteiger partial charge in [-0.2, -0.15) is 11.8 Å². The molecule has 0 aliphatic carbocycles. The van der Waals surface area contributed by atoms with E-state index in [9.17, 15) is 0 Å². The molecule has 1 saturated heterocycles. The van der Waals surface area contributed by atoms with E-state index in [-0.39, 0.29) is 0 Å². The number of aromatic nitrogens is 3. The summed E-state index contributed by atoms with van der Waals surface area (Å²) in [6, 6.07) is 0. The second kappa shape index (κ2) is 8.64. The molecule has 1 fully saturated rings. The fourth-order valence-electron chi connectivity index (χ4n) is 2.40. The maximum absolute atomic E-state index is 4.21. The lowest BCUT2D eigenvalue weighted by atomic mass is 10.3. The Bertz CT molecular complexity index is 381. The van der Waals surface area contributed by atoms with Crippen molar-refractivity contribution in [3.05, 3.63) is 11.9 Å². The van der Waals surface area contributed by atoms with Crippen LogP contribution in [-0.4, -0.2) is 57.1 Å². The summed E-state index contributed by atoms with van der Waals surface area (Å²) in [6.45, 7) is 10.8. The van der Waals surface area contributed by atoms with Crippen molar-refractivity contribution in [3.8, 4) is 0 Å². The van der Waals surface area contributed by atoms with Crippen molar-refractivity contribution >= 4 is 11.8 Å². The molecule has 0 spiro atoms. The van der Waals surface area contributed by atoms with Crippen LogP contribution in [0, 0.1) is 0 Å². The number of nitrogens with zero attached hydrogens (tertiary/aromatic N) is 4. The van der Waals surface area contributed by atoms with E-state index in [1.807, 2.05) is 4.68 Å². The molecule has 1 N–H and O–H groups in total. The molecule has 5 nitrogen and oxygen atoms in total. The van der Waals surface area contributed by atoms with Crippen molar-refractivity contribution in [1.82, 2.24) is 25.2 Å². The van der Waals surface area contributed by atoms with Crippen molar-refractivity contribution in [2.75, 3.05) is 31.9 Å². The van der Waals surface area contributed by atoms with Crippen LogP contribution in [0.4, 0.5) is 0 Å². The third-order valence-electron chi connectivity index (χ3n) is 3.64. The summed E-state index contributed by atoms with van der Waals surface area (Å²) in [5, 5.41) is 12.6. The summed E-state index contributed by atoms with van der Waals surface area (Å²) in [7, 11) is 0. The first-order valence-corrected chi connectivity index (χ1v) is 8.80. The highest BCUT2D eigenvalue weighted by atomic mass is 32.2. The first kappa shape index (κ1) is 15.8. The number of hydrogen-bond donors (Lipinski definition) is 1. The lowest BCUT2D eigenvalue weighted by Crippen LogP contribution is -2.39. The molecular weight excluding hydrogens is 270 g/mol. The van der Waals surface area contributed by atoms with Gasteiger partial charge in [0.2, 0.25) is 0 Å². The highest BCUT2D eigenvalue weighted by molar-refractivity contribution is 8.00. The molecule has 0 amide bonds. The van der Waals surface area contributed by atoms with E-state index >= 15 is 0 Å². The van der Waals surface area contributed by atoms with Gasteiger partial charge in [0, 0.05) is 43.4 Å². The van der Waals surface area contributed by atoms with Gasteiger partial charge in [0.15, 0.2) is 0 Å². The summed E-state index contributed by atoms with van der Waals surface area (Å²) in [5.74, 6) is 1.27. The Balaban J connectivity index is 1.70. The van der Waals surface area contributed by atoms with Crippen LogP contribution in [0.1, 0.15) is 32.4 Å². The minimum absolute atomic E-state index is 0.813. The topological polar surface area (TPSA) is 46.0 Å². The molecule has 0 bridgehead atoms. The predicted molar refractivity (Wildman–Crippen MR) is 85.0 cm³/mol. The Morgan fingerprint density at radius 1 is 1.40 bits per heavy atom. The number of thioether (sulfide) groups is 1. The van der Waals surface area contributed by atoms with Gasteiger partial charge in [-0.05, 0) is 19.4 Å². The normalized spacial score (nSPS) is 20.4. The van der Waals surface area contributed by atoms with E-state index in [0.29, 0.717) is 0 Å². The molecule has 0 aromatic carbocycles. The third-order valence-corrected chi connectivity index (χ3v) is 5.01. The molecule has 1 aromatic heterocycles. The average molecular weight is 297 g/mol. The second-order valence-electron chi connectivity index (χ2n) is 5.35. The van der Waals surface area contributed by atoms with E-state index in [1.165, 1.54) is 25.3 Å². The summed E-state index contributed by atoms with van der Waals surface area (Å²) >= 11 is 2.12. The van der Waals surface area contributed by atoms with Crippen molar-refractivity contribution < 1.29 is 0 Å². The van der Waals surface area contributed by atoms with Crippen LogP contribution in [0.25, 0.3) is 0 Å². The zero-order valence-corrected chi connectivity index (χ0v) is 13.5. The molecule has 2 heterocycles. The van der Waals surface area contributed by atoms with Crippen LogP contribution < -0.4 is 5.32 Å². The quantitative estimate of drug-likeness (QED) is 0.739. The molecule has 6 heteroatoms.